The summed E-state index contributed by atoms with van der Waals surface area (Å²) in [6.07, 6.45) is 6.15. The molecule has 2 aromatic rings. The lowest BCUT2D eigenvalue weighted by atomic mass is 9.95. The summed E-state index contributed by atoms with van der Waals surface area (Å²) in [6.45, 7) is 4.36. The van der Waals surface area contributed by atoms with Gasteiger partial charge in [-0.2, -0.15) is 0 Å². The Kier molecular flexibility index (Phi) is 5.64. The third-order valence-electron chi connectivity index (χ3n) is 4.56. The first-order chi connectivity index (χ1) is 12.1. The summed E-state index contributed by atoms with van der Waals surface area (Å²) in [6, 6.07) is 10.3. The molecule has 1 heterocycles. The van der Waals surface area contributed by atoms with Crippen LogP contribution in [0.15, 0.2) is 30.3 Å². The van der Waals surface area contributed by atoms with E-state index in [1.807, 2.05) is 32.0 Å². The number of benzene rings is 1. The van der Waals surface area contributed by atoms with E-state index in [0.717, 1.165) is 24.2 Å². The van der Waals surface area contributed by atoms with Gasteiger partial charge in [-0.05, 0) is 32.3 Å². The van der Waals surface area contributed by atoms with Crippen molar-refractivity contribution in [1.29, 1.82) is 0 Å². The van der Waals surface area contributed by atoms with Crippen molar-refractivity contribution in [2.45, 2.75) is 58.5 Å². The van der Waals surface area contributed by atoms with Crippen LogP contribution in [-0.2, 0) is 6.54 Å². The fourth-order valence-corrected chi connectivity index (χ4v) is 3.31. The van der Waals surface area contributed by atoms with Gasteiger partial charge in [0.25, 0.3) is 5.91 Å². The second-order valence-electron chi connectivity index (χ2n) is 6.84. The summed E-state index contributed by atoms with van der Waals surface area (Å²) in [4.78, 5) is 21.2. The predicted molar refractivity (Wildman–Crippen MR) is 99.6 cm³/mol. The standard InChI is InChI=1S/C20H26N4O/c1-14-7-6-8-16(11-14)13-21-20(25)18-12-19(23-15(2)22-18)24-17-9-4-3-5-10-17/h6-8,11-12,17H,3-5,9-10,13H2,1-2H3,(H,21,25)(H,22,23,24). The van der Waals surface area contributed by atoms with Crippen LogP contribution in [0.4, 0.5) is 5.82 Å². The summed E-state index contributed by atoms with van der Waals surface area (Å²) in [5, 5.41) is 6.41. The fraction of sp³-hybridized carbons (Fsp3) is 0.450. The van der Waals surface area contributed by atoms with E-state index in [1.54, 1.807) is 6.07 Å². The number of hydrogen-bond donors (Lipinski definition) is 2. The first-order valence-electron chi connectivity index (χ1n) is 9.06. The molecule has 1 amide bonds. The van der Waals surface area contributed by atoms with Gasteiger partial charge < -0.3 is 10.6 Å². The number of nitrogens with zero attached hydrogens (tertiary/aromatic N) is 2. The molecule has 1 fully saturated rings. The van der Waals surface area contributed by atoms with Crippen LogP contribution in [0.25, 0.3) is 0 Å². The van der Waals surface area contributed by atoms with E-state index in [2.05, 4.69) is 26.7 Å². The summed E-state index contributed by atoms with van der Waals surface area (Å²) in [5.41, 5.74) is 2.68. The van der Waals surface area contributed by atoms with Crippen molar-refractivity contribution in [3.8, 4) is 0 Å². The Labute approximate surface area is 149 Å². The van der Waals surface area contributed by atoms with Crippen LogP contribution in [0.5, 0.6) is 0 Å². The highest BCUT2D eigenvalue weighted by Gasteiger charge is 2.16. The average molecular weight is 338 g/mol. The quantitative estimate of drug-likeness (QED) is 0.871. The Balaban J connectivity index is 1.65. The smallest absolute Gasteiger partial charge is 0.270 e. The van der Waals surface area contributed by atoms with E-state index in [1.165, 1.54) is 24.8 Å². The number of rotatable bonds is 5. The van der Waals surface area contributed by atoms with Crippen molar-refractivity contribution in [2.75, 3.05) is 5.32 Å². The maximum atomic E-state index is 12.5. The van der Waals surface area contributed by atoms with Gasteiger partial charge >= 0.3 is 0 Å². The van der Waals surface area contributed by atoms with Gasteiger partial charge in [-0.3, -0.25) is 4.79 Å². The molecule has 5 heteroatoms. The molecule has 0 spiro atoms. The summed E-state index contributed by atoms with van der Waals surface area (Å²) < 4.78 is 0. The molecule has 0 atom stereocenters. The van der Waals surface area contributed by atoms with Gasteiger partial charge in [-0.1, -0.05) is 49.1 Å². The minimum atomic E-state index is -0.168. The summed E-state index contributed by atoms with van der Waals surface area (Å²) in [5.74, 6) is 1.19. The van der Waals surface area contributed by atoms with E-state index < -0.39 is 0 Å². The molecule has 0 aliphatic heterocycles. The Morgan fingerprint density at radius 3 is 2.68 bits per heavy atom. The molecule has 2 N–H and O–H groups in total. The summed E-state index contributed by atoms with van der Waals surface area (Å²) in [7, 11) is 0. The lowest BCUT2D eigenvalue weighted by Crippen LogP contribution is -2.26. The van der Waals surface area contributed by atoms with Gasteiger partial charge in [0.1, 0.15) is 17.3 Å². The minimum absolute atomic E-state index is 0.168. The lowest BCUT2D eigenvalue weighted by molar-refractivity contribution is 0.0945. The molecule has 1 aromatic heterocycles. The van der Waals surface area contributed by atoms with Crippen LogP contribution in [0.2, 0.25) is 0 Å². The van der Waals surface area contributed by atoms with Crippen molar-refractivity contribution < 1.29 is 4.79 Å². The second-order valence-corrected chi connectivity index (χ2v) is 6.84. The predicted octanol–water partition coefficient (Wildman–Crippen LogP) is 3.77. The van der Waals surface area contributed by atoms with Crippen molar-refractivity contribution in [3.63, 3.8) is 0 Å². The molecule has 0 bridgehead atoms. The number of hydrogen-bond acceptors (Lipinski definition) is 4. The number of aromatic nitrogens is 2. The van der Waals surface area contributed by atoms with Crippen molar-refractivity contribution >= 4 is 11.7 Å². The van der Waals surface area contributed by atoms with E-state index in [9.17, 15) is 4.79 Å². The largest absolute Gasteiger partial charge is 0.367 e. The molecule has 1 aromatic carbocycles. The van der Waals surface area contributed by atoms with E-state index >= 15 is 0 Å². The van der Waals surface area contributed by atoms with Crippen molar-refractivity contribution in [2.24, 2.45) is 0 Å². The Morgan fingerprint density at radius 2 is 1.92 bits per heavy atom. The van der Waals surface area contributed by atoms with Crippen LogP contribution >= 0.6 is 0 Å². The maximum absolute atomic E-state index is 12.5. The Hall–Kier alpha value is -2.43. The molecule has 5 nitrogen and oxygen atoms in total. The van der Waals surface area contributed by atoms with Crippen LogP contribution in [0.3, 0.4) is 0 Å². The number of amides is 1. The third kappa shape index (κ3) is 5.02. The highest BCUT2D eigenvalue weighted by atomic mass is 16.1. The molecule has 25 heavy (non-hydrogen) atoms. The number of carbonyl (C=O) groups excluding carboxylic acids is 1. The van der Waals surface area contributed by atoms with Gasteiger partial charge in [-0.15, -0.1) is 0 Å². The molecule has 0 saturated heterocycles. The highest BCUT2D eigenvalue weighted by molar-refractivity contribution is 5.92. The number of aryl methyl sites for hydroxylation is 2. The van der Waals surface area contributed by atoms with E-state index in [0.29, 0.717) is 24.1 Å². The van der Waals surface area contributed by atoms with Gasteiger partial charge in [-0.25, -0.2) is 9.97 Å². The minimum Gasteiger partial charge on any atom is -0.367 e. The van der Waals surface area contributed by atoms with Crippen LogP contribution < -0.4 is 10.6 Å². The number of nitrogens with one attached hydrogen (secondary N) is 2. The molecule has 3 rings (SSSR count). The van der Waals surface area contributed by atoms with Crippen LogP contribution in [0, 0.1) is 13.8 Å². The normalized spacial score (nSPS) is 15.0. The second kappa shape index (κ2) is 8.10. The molecular formula is C20H26N4O. The van der Waals surface area contributed by atoms with Gasteiger partial charge in [0, 0.05) is 18.7 Å². The zero-order valence-corrected chi connectivity index (χ0v) is 15.0. The molecular weight excluding hydrogens is 312 g/mol. The SMILES string of the molecule is Cc1cccc(CNC(=O)c2cc(NC3CCCCC3)nc(C)n2)c1. The average Bonchev–Trinajstić information content (AvgIpc) is 2.60. The molecule has 0 unspecified atom stereocenters. The third-order valence-corrected chi connectivity index (χ3v) is 4.56. The fourth-order valence-electron chi connectivity index (χ4n) is 3.31. The first kappa shape index (κ1) is 17.4. The van der Waals surface area contributed by atoms with Gasteiger partial charge in [0.2, 0.25) is 0 Å². The Morgan fingerprint density at radius 1 is 1.12 bits per heavy atom. The lowest BCUT2D eigenvalue weighted by Gasteiger charge is -2.23. The maximum Gasteiger partial charge on any atom is 0.270 e. The van der Waals surface area contributed by atoms with Gasteiger partial charge in [0.05, 0.1) is 0 Å². The zero-order valence-electron chi connectivity index (χ0n) is 15.0. The van der Waals surface area contributed by atoms with Crippen LogP contribution in [-0.4, -0.2) is 21.9 Å². The highest BCUT2D eigenvalue weighted by Crippen LogP contribution is 2.21. The topological polar surface area (TPSA) is 66.9 Å². The van der Waals surface area contributed by atoms with Crippen LogP contribution in [0.1, 0.15) is 59.5 Å². The summed E-state index contributed by atoms with van der Waals surface area (Å²) >= 11 is 0. The number of anilines is 1. The molecule has 1 aliphatic carbocycles. The molecule has 1 aliphatic rings. The van der Waals surface area contributed by atoms with Crippen molar-refractivity contribution in [1.82, 2.24) is 15.3 Å². The molecule has 1 saturated carbocycles. The first-order valence-corrected chi connectivity index (χ1v) is 9.06. The van der Waals surface area contributed by atoms with E-state index in [4.69, 9.17) is 0 Å². The van der Waals surface area contributed by atoms with Gasteiger partial charge in [0.15, 0.2) is 0 Å². The number of carbonyl (C=O) groups is 1. The molecule has 0 radical (unpaired) electrons. The zero-order chi connectivity index (χ0) is 17.6. The van der Waals surface area contributed by atoms with E-state index in [-0.39, 0.29) is 5.91 Å². The molecule has 132 valence electrons. The Bertz CT molecular complexity index is 738. The van der Waals surface area contributed by atoms with Crippen molar-refractivity contribution in [3.05, 3.63) is 53.0 Å². The monoisotopic (exact) mass is 338 g/mol.